The van der Waals surface area contributed by atoms with E-state index in [-0.39, 0.29) is 52.9 Å². The number of ether oxygens (including phenoxy) is 5. The summed E-state index contributed by atoms with van der Waals surface area (Å²) in [6, 6.07) is 55.0. The summed E-state index contributed by atoms with van der Waals surface area (Å²) in [6.07, 6.45) is 2.96. The molecule has 0 aromatic heterocycles. The highest BCUT2D eigenvalue weighted by Gasteiger charge is 2.20. The lowest BCUT2D eigenvalue weighted by atomic mass is 10.0. The third-order valence-electron chi connectivity index (χ3n) is 12.3. The van der Waals surface area contributed by atoms with Crippen LogP contribution >= 0.6 is 0 Å². The average molecular weight is 1070 g/mol. The third kappa shape index (κ3) is 16.1. The van der Waals surface area contributed by atoms with Crippen LogP contribution in [0.2, 0.25) is 0 Å². The van der Waals surface area contributed by atoms with E-state index in [4.69, 9.17) is 23.7 Å². The Morgan fingerprint density at radius 3 is 1.01 bits per heavy atom. The fraction of sp³-hybridized carbons (Fsp3) is 0.182. The van der Waals surface area contributed by atoms with Crippen LogP contribution in [0.1, 0.15) is 95.9 Å². The van der Waals surface area contributed by atoms with Crippen molar-refractivity contribution in [1.29, 1.82) is 0 Å². The molecule has 0 radical (unpaired) electrons. The van der Waals surface area contributed by atoms with Gasteiger partial charge in [-0.15, -0.1) is 0 Å². The van der Waals surface area contributed by atoms with E-state index in [0.29, 0.717) is 83.8 Å². The van der Waals surface area contributed by atoms with Gasteiger partial charge in [0.25, 0.3) is 17.7 Å². The van der Waals surface area contributed by atoms with Gasteiger partial charge >= 0.3 is 17.9 Å². The quantitative estimate of drug-likeness (QED) is 0.0582. The minimum absolute atomic E-state index is 0.257. The minimum atomic E-state index is -0.358. The Morgan fingerprint density at radius 1 is 0.350 bits per heavy atom. The van der Waals surface area contributed by atoms with E-state index < -0.39 is 0 Å². The Morgan fingerprint density at radius 2 is 0.675 bits per heavy atom. The van der Waals surface area contributed by atoms with Gasteiger partial charge < -0.3 is 39.6 Å². The topological polar surface area (TPSA) is 185 Å². The molecular weight excluding hydrogens is 1010 g/mol. The molecule has 0 aliphatic heterocycles. The summed E-state index contributed by atoms with van der Waals surface area (Å²) in [7, 11) is 3.15. The number of nitrogens with one attached hydrogen (secondary N) is 3. The molecular formula is C66H63N3O11. The fourth-order valence-electron chi connectivity index (χ4n) is 8.18. The summed E-state index contributed by atoms with van der Waals surface area (Å²) < 4.78 is 26.7. The highest BCUT2D eigenvalue weighted by Crippen LogP contribution is 2.31. The van der Waals surface area contributed by atoms with E-state index in [1.165, 1.54) is 0 Å². The van der Waals surface area contributed by atoms with Gasteiger partial charge in [-0.3, -0.25) is 28.8 Å². The first-order chi connectivity index (χ1) is 38.8. The van der Waals surface area contributed by atoms with Crippen molar-refractivity contribution in [2.24, 2.45) is 0 Å². The molecule has 9 aromatic rings. The van der Waals surface area contributed by atoms with Gasteiger partial charge in [0.15, 0.2) is 0 Å². The molecule has 0 heterocycles. The summed E-state index contributed by atoms with van der Waals surface area (Å²) in [4.78, 5) is 74.5. The van der Waals surface area contributed by atoms with E-state index >= 15 is 0 Å². The predicted octanol–water partition coefficient (Wildman–Crippen LogP) is 14.7. The number of anilines is 3. The summed E-state index contributed by atoms with van der Waals surface area (Å²) in [5, 5.41) is 13.9. The summed E-state index contributed by atoms with van der Waals surface area (Å²) in [5.74, 6) is 0.0883. The van der Waals surface area contributed by atoms with Gasteiger partial charge in [0.05, 0.1) is 30.9 Å². The van der Waals surface area contributed by atoms with Crippen LogP contribution in [-0.4, -0.2) is 49.8 Å². The second-order valence-corrected chi connectivity index (χ2v) is 18.4. The second-order valence-electron chi connectivity index (χ2n) is 18.4. The Bertz CT molecular complexity index is 3650. The number of rotatable bonds is 17. The van der Waals surface area contributed by atoms with Crippen LogP contribution in [0.25, 0.3) is 32.3 Å². The fourth-order valence-corrected chi connectivity index (χ4v) is 8.18. The number of amides is 3. The number of carbonyl (C=O) groups excluding carboxylic acids is 6. The first-order valence-corrected chi connectivity index (χ1v) is 26.3. The maximum Gasteiger partial charge on any atom is 0.311 e. The Kier molecular flexibility index (Phi) is 20.6. The third-order valence-corrected chi connectivity index (χ3v) is 12.3. The molecule has 0 unspecified atom stereocenters. The Labute approximate surface area is 465 Å². The molecule has 80 heavy (non-hydrogen) atoms. The van der Waals surface area contributed by atoms with Crippen LogP contribution < -0.4 is 39.6 Å². The molecule has 14 heteroatoms. The van der Waals surface area contributed by atoms with Crippen molar-refractivity contribution in [1.82, 2.24) is 0 Å². The van der Waals surface area contributed by atoms with E-state index in [0.717, 1.165) is 37.9 Å². The lowest BCUT2D eigenvalue weighted by Gasteiger charge is -2.13. The molecule has 0 fully saturated rings. The van der Waals surface area contributed by atoms with Crippen LogP contribution in [-0.2, 0) is 14.4 Å². The summed E-state index contributed by atoms with van der Waals surface area (Å²) in [6.45, 7) is 7.70. The number of benzene rings is 9. The van der Waals surface area contributed by atoms with Crippen LogP contribution in [0.15, 0.2) is 182 Å². The molecule has 3 N–H and O–H groups in total. The van der Waals surface area contributed by atoms with E-state index in [9.17, 15) is 28.8 Å². The molecule has 0 saturated carbocycles. The number of hydrogen-bond acceptors (Lipinski definition) is 11. The Balaban J connectivity index is 0.000000173. The standard InChI is InChI=1S/2C22H21NO4.C22H21NO3/c1-3-7-21(24)27-20-13-16-9-5-4-8-15(16)12-19(20)22(25)23-17-10-6-11-18(14-17)26-2;1-3-6-21(24)27-20-14-16-8-5-4-7-15(16)13-19(20)22(25)23-17-9-11-18(26-2)12-10-17;1-3-6-21(24)26-20-14-17-8-5-4-7-16(17)13-19(20)22(25)23-18-11-9-15(2)10-12-18/h4-6,8-14H,3,7H2,1-2H3,(H,23,25);4-5,7-14H,3,6H2,1-2H3,(H,23,25);4-5,7-14H,3,6H2,1-2H3,(H,23,25). The van der Waals surface area contributed by atoms with Gasteiger partial charge in [-0.05, 0) is 143 Å². The number of aryl methyl sites for hydroxylation is 1. The van der Waals surface area contributed by atoms with Crippen molar-refractivity contribution in [2.45, 2.75) is 66.2 Å². The largest absolute Gasteiger partial charge is 0.497 e. The van der Waals surface area contributed by atoms with Crippen LogP contribution in [0.4, 0.5) is 17.1 Å². The van der Waals surface area contributed by atoms with Crippen molar-refractivity contribution < 1.29 is 52.5 Å². The maximum absolute atomic E-state index is 12.9. The molecule has 3 amide bonds. The number of carbonyl (C=O) groups is 6. The summed E-state index contributed by atoms with van der Waals surface area (Å²) in [5.41, 5.74) is 3.99. The van der Waals surface area contributed by atoms with Crippen molar-refractivity contribution in [3.8, 4) is 28.7 Å². The van der Waals surface area contributed by atoms with Gasteiger partial charge in [-0.1, -0.05) is 117 Å². The first kappa shape index (κ1) is 57.9. The van der Waals surface area contributed by atoms with Gasteiger partial charge in [0.1, 0.15) is 28.7 Å². The normalized spacial score (nSPS) is 10.5. The molecule has 9 rings (SSSR count). The number of hydrogen-bond donors (Lipinski definition) is 3. The predicted molar refractivity (Wildman–Crippen MR) is 314 cm³/mol. The lowest BCUT2D eigenvalue weighted by molar-refractivity contribution is -0.135. The zero-order chi connectivity index (χ0) is 57.0. The van der Waals surface area contributed by atoms with E-state index in [2.05, 4.69) is 16.0 Å². The Hall–Kier alpha value is -9.82. The summed E-state index contributed by atoms with van der Waals surface area (Å²) >= 11 is 0. The van der Waals surface area contributed by atoms with Crippen molar-refractivity contribution in [2.75, 3.05) is 30.2 Å². The molecule has 0 aliphatic carbocycles. The highest BCUT2D eigenvalue weighted by molar-refractivity contribution is 6.11. The number of esters is 3. The van der Waals surface area contributed by atoms with E-state index in [1.54, 1.807) is 99.1 Å². The molecule has 9 aromatic carbocycles. The van der Waals surface area contributed by atoms with Crippen LogP contribution in [0.5, 0.6) is 28.7 Å². The van der Waals surface area contributed by atoms with E-state index in [1.807, 2.05) is 125 Å². The number of fused-ring (bicyclic) bond motifs is 3. The highest BCUT2D eigenvalue weighted by atomic mass is 16.5. The van der Waals surface area contributed by atoms with Crippen LogP contribution in [0.3, 0.4) is 0 Å². The number of methoxy groups -OCH3 is 2. The maximum atomic E-state index is 12.9. The second kappa shape index (κ2) is 28.5. The zero-order valence-corrected chi connectivity index (χ0v) is 45.6. The first-order valence-electron chi connectivity index (χ1n) is 26.3. The van der Waals surface area contributed by atoms with Crippen molar-refractivity contribution in [3.63, 3.8) is 0 Å². The molecule has 14 nitrogen and oxygen atoms in total. The lowest BCUT2D eigenvalue weighted by Crippen LogP contribution is -2.16. The molecule has 0 aliphatic rings. The minimum Gasteiger partial charge on any atom is -0.497 e. The van der Waals surface area contributed by atoms with Crippen LogP contribution in [0, 0.1) is 6.92 Å². The van der Waals surface area contributed by atoms with Gasteiger partial charge in [0, 0.05) is 42.4 Å². The van der Waals surface area contributed by atoms with Crippen molar-refractivity contribution >= 4 is 85.0 Å². The van der Waals surface area contributed by atoms with Gasteiger partial charge in [-0.25, -0.2) is 0 Å². The zero-order valence-electron chi connectivity index (χ0n) is 45.6. The molecule has 0 bridgehead atoms. The monoisotopic (exact) mass is 1070 g/mol. The van der Waals surface area contributed by atoms with Gasteiger partial charge in [0.2, 0.25) is 0 Å². The average Bonchev–Trinajstić information content (AvgIpc) is 3.50. The molecule has 0 atom stereocenters. The van der Waals surface area contributed by atoms with Gasteiger partial charge in [-0.2, -0.15) is 0 Å². The van der Waals surface area contributed by atoms with Crippen molar-refractivity contribution in [3.05, 3.63) is 204 Å². The SMILES string of the molecule is CCCC(=O)Oc1cc2ccccc2cc1C(=O)Nc1ccc(C)cc1.CCCC(=O)Oc1cc2ccccc2cc1C(=O)Nc1ccc(OC)cc1.CCCC(=O)Oc1cc2ccccc2cc1C(=O)Nc1cccc(OC)c1. The molecule has 0 spiro atoms. The smallest absolute Gasteiger partial charge is 0.311 e. The molecule has 0 saturated heterocycles. The molecule has 408 valence electrons.